The van der Waals surface area contributed by atoms with E-state index in [-0.39, 0.29) is 11.9 Å². The van der Waals surface area contributed by atoms with Crippen molar-refractivity contribution in [3.05, 3.63) is 0 Å². The number of carbonyl (C=O) groups excluding carboxylic acids is 2. The molecule has 2 saturated carbocycles. The van der Waals surface area contributed by atoms with Gasteiger partial charge >= 0.3 is 6.03 Å². The standard InChI is InChI=1S/C13H20N2O2/c1-14-11(16)13(7-3-2-4-8-13)15(12(14)17)9-10-5-6-10/h10H,2-9H2,1H3. The van der Waals surface area contributed by atoms with Crippen LogP contribution in [0.25, 0.3) is 0 Å². The van der Waals surface area contributed by atoms with E-state index in [1.165, 1.54) is 24.2 Å². The number of nitrogens with zero attached hydrogens (tertiary/aromatic N) is 2. The van der Waals surface area contributed by atoms with Crippen molar-refractivity contribution >= 4 is 11.9 Å². The number of likely N-dealkylation sites (N-methyl/N-ethyl adjacent to an activating group) is 1. The van der Waals surface area contributed by atoms with Crippen LogP contribution in [0.2, 0.25) is 0 Å². The molecule has 3 fully saturated rings. The predicted octanol–water partition coefficient (Wildman–Crippen LogP) is 1.99. The molecule has 3 amide bonds. The molecule has 0 bridgehead atoms. The molecular formula is C13H20N2O2. The number of carbonyl (C=O) groups is 2. The van der Waals surface area contributed by atoms with Gasteiger partial charge in [0.1, 0.15) is 5.54 Å². The molecule has 3 aliphatic rings. The van der Waals surface area contributed by atoms with Crippen LogP contribution in [0.3, 0.4) is 0 Å². The van der Waals surface area contributed by atoms with Crippen molar-refractivity contribution in [3.63, 3.8) is 0 Å². The van der Waals surface area contributed by atoms with Crippen LogP contribution in [0.4, 0.5) is 4.79 Å². The van der Waals surface area contributed by atoms with Gasteiger partial charge in [0.2, 0.25) is 0 Å². The first-order chi connectivity index (χ1) is 8.15. The van der Waals surface area contributed by atoms with Crippen LogP contribution in [0.15, 0.2) is 0 Å². The van der Waals surface area contributed by atoms with E-state index in [0.29, 0.717) is 5.92 Å². The van der Waals surface area contributed by atoms with Gasteiger partial charge in [0.05, 0.1) is 0 Å². The highest BCUT2D eigenvalue weighted by Gasteiger charge is 2.56. The van der Waals surface area contributed by atoms with Crippen LogP contribution in [-0.2, 0) is 4.79 Å². The summed E-state index contributed by atoms with van der Waals surface area (Å²) in [5.41, 5.74) is -0.466. The SMILES string of the molecule is CN1C(=O)N(CC2CC2)C2(CCCCC2)C1=O. The molecule has 4 heteroatoms. The minimum Gasteiger partial charge on any atom is -0.309 e. The summed E-state index contributed by atoms with van der Waals surface area (Å²) >= 11 is 0. The summed E-state index contributed by atoms with van der Waals surface area (Å²) in [6.45, 7) is 0.801. The van der Waals surface area contributed by atoms with E-state index in [4.69, 9.17) is 0 Å². The molecule has 0 radical (unpaired) electrons. The van der Waals surface area contributed by atoms with Crippen molar-refractivity contribution in [3.8, 4) is 0 Å². The van der Waals surface area contributed by atoms with Gasteiger partial charge in [0.25, 0.3) is 5.91 Å². The highest BCUT2D eigenvalue weighted by Crippen LogP contribution is 2.42. The van der Waals surface area contributed by atoms with E-state index in [1.54, 1.807) is 7.05 Å². The Hall–Kier alpha value is -1.06. The van der Waals surface area contributed by atoms with Crippen molar-refractivity contribution in [2.75, 3.05) is 13.6 Å². The fourth-order valence-electron chi connectivity index (χ4n) is 3.31. The normalized spacial score (nSPS) is 28.3. The van der Waals surface area contributed by atoms with Gasteiger partial charge in [-0.05, 0) is 31.6 Å². The summed E-state index contributed by atoms with van der Waals surface area (Å²) in [6.07, 6.45) is 7.53. The van der Waals surface area contributed by atoms with Gasteiger partial charge < -0.3 is 4.90 Å². The molecule has 1 aliphatic heterocycles. The molecule has 0 atom stereocenters. The van der Waals surface area contributed by atoms with E-state index < -0.39 is 5.54 Å². The molecule has 4 nitrogen and oxygen atoms in total. The first-order valence-corrected chi connectivity index (χ1v) is 6.75. The Morgan fingerprint density at radius 3 is 2.41 bits per heavy atom. The molecule has 1 spiro atoms. The van der Waals surface area contributed by atoms with Crippen molar-refractivity contribution in [1.82, 2.24) is 9.80 Å². The van der Waals surface area contributed by atoms with Crippen LogP contribution in [0.5, 0.6) is 0 Å². The zero-order valence-corrected chi connectivity index (χ0v) is 10.4. The Morgan fingerprint density at radius 2 is 1.82 bits per heavy atom. The Balaban J connectivity index is 1.90. The van der Waals surface area contributed by atoms with Gasteiger partial charge in [0, 0.05) is 13.6 Å². The molecule has 0 aromatic carbocycles. The molecule has 94 valence electrons. The smallest absolute Gasteiger partial charge is 0.309 e. The summed E-state index contributed by atoms with van der Waals surface area (Å²) in [5.74, 6) is 0.694. The third-order valence-electron chi connectivity index (χ3n) is 4.56. The summed E-state index contributed by atoms with van der Waals surface area (Å²) in [6, 6.07) is -0.0659. The van der Waals surface area contributed by atoms with Gasteiger partial charge in [-0.3, -0.25) is 9.69 Å². The number of amides is 3. The maximum atomic E-state index is 12.4. The molecule has 0 aromatic rings. The fourth-order valence-corrected chi connectivity index (χ4v) is 3.31. The highest BCUT2D eigenvalue weighted by molar-refractivity contribution is 6.06. The Labute approximate surface area is 102 Å². The lowest BCUT2D eigenvalue weighted by atomic mass is 9.80. The largest absolute Gasteiger partial charge is 0.327 e. The third kappa shape index (κ3) is 1.57. The molecular weight excluding hydrogens is 216 g/mol. The lowest BCUT2D eigenvalue weighted by Crippen LogP contribution is -2.51. The second-order valence-corrected chi connectivity index (χ2v) is 5.79. The monoisotopic (exact) mass is 236 g/mol. The first-order valence-electron chi connectivity index (χ1n) is 6.75. The summed E-state index contributed by atoms with van der Waals surface area (Å²) < 4.78 is 0. The minimum absolute atomic E-state index is 0.0443. The van der Waals surface area contributed by atoms with E-state index in [1.807, 2.05) is 4.90 Å². The second kappa shape index (κ2) is 3.72. The number of urea groups is 1. The maximum absolute atomic E-state index is 12.4. The topological polar surface area (TPSA) is 40.6 Å². The maximum Gasteiger partial charge on any atom is 0.327 e. The Morgan fingerprint density at radius 1 is 1.18 bits per heavy atom. The quantitative estimate of drug-likeness (QED) is 0.688. The summed E-state index contributed by atoms with van der Waals surface area (Å²) in [7, 11) is 1.63. The number of rotatable bonds is 2. The van der Waals surface area contributed by atoms with E-state index in [0.717, 1.165) is 32.2 Å². The fraction of sp³-hybridized carbons (Fsp3) is 0.846. The molecule has 0 N–H and O–H groups in total. The van der Waals surface area contributed by atoms with Crippen LogP contribution in [0.1, 0.15) is 44.9 Å². The predicted molar refractivity (Wildman–Crippen MR) is 63.4 cm³/mol. The van der Waals surface area contributed by atoms with E-state index in [2.05, 4.69) is 0 Å². The van der Waals surface area contributed by atoms with Crippen LogP contribution in [0, 0.1) is 5.92 Å². The van der Waals surface area contributed by atoms with Gasteiger partial charge in [-0.25, -0.2) is 4.79 Å². The van der Waals surface area contributed by atoms with E-state index in [9.17, 15) is 9.59 Å². The molecule has 1 saturated heterocycles. The average Bonchev–Trinajstić information content (AvgIpc) is 3.15. The average molecular weight is 236 g/mol. The van der Waals surface area contributed by atoms with Gasteiger partial charge in [0.15, 0.2) is 0 Å². The van der Waals surface area contributed by atoms with Crippen LogP contribution in [-0.4, -0.2) is 40.9 Å². The third-order valence-corrected chi connectivity index (χ3v) is 4.56. The van der Waals surface area contributed by atoms with Crippen molar-refractivity contribution in [2.45, 2.75) is 50.5 Å². The summed E-state index contributed by atoms with van der Waals surface area (Å²) in [5, 5.41) is 0. The van der Waals surface area contributed by atoms with Crippen molar-refractivity contribution in [2.24, 2.45) is 5.92 Å². The molecule has 1 heterocycles. The molecule has 2 aliphatic carbocycles. The molecule has 17 heavy (non-hydrogen) atoms. The zero-order valence-electron chi connectivity index (χ0n) is 10.4. The summed E-state index contributed by atoms with van der Waals surface area (Å²) in [4.78, 5) is 27.8. The molecule has 0 unspecified atom stereocenters. The Bertz CT molecular complexity index is 356. The highest BCUT2D eigenvalue weighted by atomic mass is 16.2. The Kier molecular flexibility index (Phi) is 2.42. The second-order valence-electron chi connectivity index (χ2n) is 5.79. The van der Waals surface area contributed by atoms with Gasteiger partial charge in [-0.15, -0.1) is 0 Å². The number of hydrogen-bond donors (Lipinski definition) is 0. The lowest BCUT2D eigenvalue weighted by Gasteiger charge is -2.38. The van der Waals surface area contributed by atoms with Crippen molar-refractivity contribution < 1.29 is 9.59 Å². The van der Waals surface area contributed by atoms with Crippen LogP contribution < -0.4 is 0 Å². The van der Waals surface area contributed by atoms with Gasteiger partial charge in [-0.2, -0.15) is 0 Å². The van der Waals surface area contributed by atoms with Gasteiger partial charge in [-0.1, -0.05) is 19.3 Å². The number of imide groups is 1. The van der Waals surface area contributed by atoms with Crippen LogP contribution >= 0.6 is 0 Å². The lowest BCUT2D eigenvalue weighted by molar-refractivity contribution is -0.134. The number of hydrogen-bond acceptors (Lipinski definition) is 2. The minimum atomic E-state index is -0.466. The van der Waals surface area contributed by atoms with E-state index >= 15 is 0 Å². The molecule has 3 rings (SSSR count). The van der Waals surface area contributed by atoms with Crippen molar-refractivity contribution in [1.29, 1.82) is 0 Å². The first kappa shape index (κ1) is 11.1. The molecule has 0 aromatic heterocycles. The zero-order chi connectivity index (χ0) is 12.0.